The molecule has 3 heterocycles. The Bertz CT molecular complexity index is 760. The van der Waals surface area contributed by atoms with Crippen LogP contribution in [0, 0.1) is 0 Å². The SMILES string of the molecule is O=C(Nc1ccc2c(c1)OCO2)c1cnc(NCC2CCCO2)cn1. The van der Waals surface area contributed by atoms with E-state index in [0.29, 0.717) is 29.5 Å². The zero-order valence-corrected chi connectivity index (χ0v) is 13.5. The van der Waals surface area contributed by atoms with Crippen LogP contribution < -0.4 is 20.1 Å². The number of hydrogen-bond donors (Lipinski definition) is 2. The van der Waals surface area contributed by atoms with Crippen molar-refractivity contribution in [1.29, 1.82) is 0 Å². The van der Waals surface area contributed by atoms with Gasteiger partial charge < -0.3 is 24.8 Å². The summed E-state index contributed by atoms with van der Waals surface area (Å²) in [5.41, 5.74) is 0.844. The largest absolute Gasteiger partial charge is 0.454 e. The molecule has 8 nitrogen and oxygen atoms in total. The highest BCUT2D eigenvalue weighted by atomic mass is 16.7. The fourth-order valence-electron chi connectivity index (χ4n) is 2.73. The van der Waals surface area contributed by atoms with Crippen molar-refractivity contribution in [3.8, 4) is 11.5 Å². The van der Waals surface area contributed by atoms with E-state index < -0.39 is 0 Å². The maximum absolute atomic E-state index is 12.3. The van der Waals surface area contributed by atoms with Crippen LogP contribution in [0.3, 0.4) is 0 Å². The Morgan fingerprint density at radius 2 is 2.12 bits per heavy atom. The average molecular weight is 342 g/mol. The van der Waals surface area contributed by atoms with Crippen molar-refractivity contribution in [1.82, 2.24) is 9.97 Å². The Morgan fingerprint density at radius 3 is 2.92 bits per heavy atom. The first kappa shape index (κ1) is 15.6. The van der Waals surface area contributed by atoms with Crippen molar-refractivity contribution in [3.05, 3.63) is 36.3 Å². The molecule has 2 aliphatic rings. The lowest BCUT2D eigenvalue weighted by molar-refractivity contribution is 0.102. The van der Waals surface area contributed by atoms with Crippen LogP contribution in [0.15, 0.2) is 30.6 Å². The Labute approximate surface area is 144 Å². The Balaban J connectivity index is 1.35. The summed E-state index contributed by atoms with van der Waals surface area (Å²) in [6.45, 7) is 1.70. The van der Waals surface area contributed by atoms with Gasteiger partial charge in [-0.25, -0.2) is 9.97 Å². The van der Waals surface area contributed by atoms with Gasteiger partial charge in [0.05, 0.1) is 18.5 Å². The Hall–Kier alpha value is -2.87. The van der Waals surface area contributed by atoms with Crippen molar-refractivity contribution in [2.24, 2.45) is 0 Å². The van der Waals surface area contributed by atoms with Gasteiger partial charge in [0.25, 0.3) is 5.91 Å². The maximum atomic E-state index is 12.3. The van der Waals surface area contributed by atoms with E-state index in [2.05, 4.69) is 20.6 Å². The molecular formula is C17H18N4O4. The second kappa shape index (κ2) is 6.94. The second-order valence-electron chi connectivity index (χ2n) is 5.82. The number of fused-ring (bicyclic) bond motifs is 1. The van der Waals surface area contributed by atoms with E-state index in [1.54, 1.807) is 24.4 Å². The van der Waals surface area contributed by atoms with Crippen molar-refractivity contribution >= 4 is 17.4 Å². The maximum Gasteiger partial charge on any atom is 0.275 e. The number of benzene rings is 1. The van der Waals surface area contributed by atoms with Crippen molar-refractivity contribution in [2.45, 2.75) is 18.9 Å². The molecule has 1 unspecified atom stereocenters. The van der Waals surface area contributed by atoms with E-state index in [1.807, 2.05) is 0 Å². The van der Waals surface area contributed by atoms with E-state index >= 15 is 0 Å². The molecule has 1 atom stereocenters. The molecule has 1 saturated heterocycles. The van der Waals surface area contributed by atoms with Crippen LogP contribution in [0.5, 0.6) is 11.5 Å². The van der Waals surface area contributed by atoms with Crippen molar-refractivity contribution < 1.29 is 19.0 Å². The van der Waals surface area contributed by atoms with Crippen molar-refractivity contribution in [3.63, 3.8) is 0 Å². The van der Waals surface area contributed by atoms with Gasteiger partial charge in [-0.2, -0.15) is 0 Å². The van der Waals surface area contributed by atoms with Crippen LogP contribution in [0.25, 0.3) is 0 Å². The summed E-state index contributed by atoms with van der Waals surface area (Å²) in [6.07, 6.45) is 5.35. The number of carbonyl (C=O) groups is 1. The van der Waals surface area contributed by atoms with E-state index in [0.717, 1.165) is 19.4 Å². The molecule has 1 amide bonds. The highest BCUT2D eigenvalue weighted by Crippen LogP contribution is 2.34. The molecular weight excluding hydrogens is 324 g/mol. The van der Waals surface area contributed by atoms with Crippen LogP contribution in [-0.2, 0) is 4.74 Å². The quantitative estimate of drug-likeness (QED) is 0.858. The Kier molecular flexibility index (Phi) is 4.34. The molecule has 0 spiro atoms. The predicted octanol–water partition coefficient (Wildman–Crippen LogP) is 2.05. The first-order chi connectivity index (χ1) is 12.3. The van der Waals surface area contributed by atoms with Gasteiger partial charge in [0, 0.05) is 24.9 Å². The lowest BCUT2D eigenvalue weighted by Crippen LogP contribution is -2.19. The molecule has 4 rings (SSSR count). The van der Waals surface area contributed by atoms with E-state index in [1.165, 1.54) is 6.20 Å². The zero-order chi connectivity index (χ0) is 17.1. The normalized spacial score (nSPS) is 18.2. The number of carbonyl (C=O) groups excluding carboxylic acids is 1. The number of aromatic nitrogens is 2. The summed E-state index contributed by atoms with van der Waals surface area (Å²) in [7, 11) is 0. The van der Waals surface area contributed by atoms with Crippen LogP contribution >= 0.6 is 0 Å². The topological polar surface area (TPSA) is 94.6 Å². The predicted molar refractivity (Wildman–Crippen MR) is 90.0 cm³/mol. The smallest absolute Gasteiger partial charge is 0.275 e. The zero-order valence-electron chi connectivity index (χ0n) is 13.5. The van der Waals surface area contributed by atoms with Gasteiger partial charge in [0.1, 0.15) is 11.5 Å². The van der Waals surface area contributed by atoms with Gasteiger partial charge in [0.2, 0.25) is 6.79 Å². The molecule has 2 N–H and O–H groups in total. The van der Waals surface area contributed by atoms with E-state index in [-0.39, 0.29) is 24.5 Å². The van der Waals surface area contributed by atoms with Gasteiger partial charge >= 0.3 is 0 Å². The van der Waals surface area contributed by atoms with Crippen LogP contribution in [0.1, 0.15) is 23.3 Å². The van der Waals surface area contributed by atoms with Crippen molar-refractivity contribution in [2.75, 3.05) is 30.6 Å². The van der Waals surface area contributed by atoms with E-state index in [9.17, 15) is 4.79 Å². The van der Waals surface area contributed by atoms with Gasteiger partial charge in [-0.3, -0.25) is 4.79 Å². The number of nitrogens with zero attached hydrogens (tertiary/aromatic N) is 2. The minimum atomic E-state index is -0.336. The summed E-state index contributed by atoms with van der Waals surface area (Å²) >= 11 is 0. The molecule has 2 aromatic rings. The number of nitrogens with one attached hydrogen (secondary N) is 2. The Morgan fingerprint density at radius 1 is 1.20 bits per heavy atom. The molecule has 130 valence electrons. The summed E-state index contributed by atoms with van der Waals surface area (Å²) in [4.78, 5) is 20.7. The molecule has 0 bridgehead atoms. The second-order valence-corrected chi connectivity index (χ2v) is 5.82. The van der Waals surface area contributed by atoms with E-state index in [4.69, 9.17) is 14.2 Å². The van der Waals surface area contributed by atoms with Gasteiger partial charge in [-0.05, 0) is 25.0 Å². The first-order valence-electron chi connectivity index (χ1n) is 8.16. The fraction of sp³-hybridized carbons (Fsp3) is 0.353. The van der Waals surface area contributed by atoms with Gasteiger partial charge in [0.15, 0.2) is 11.5 Å². The highest BCUT2D eigenvalue weighted by Gasteiger charge is 2.16. The molecule has 0 radical (unpaired) electrons. The number of anilines is 2. The lowest BCUT2D eigenvalue weighted by atomic mass is 10.2. The minimum absolute atomic E-state index is 0.193. The molecule has 25 heavy (non-hydrogen) atoms. The lowest BCUT2D eigenvalue weighted by Gasteiger charge is -2.11. The average Bonchev–Trinajstić information content (AvgIpc) is 3.31. The monoisotopic (exact) mass is 342 g/mol. The van der Waals surface area contributed by atoms with Crippen LogP contribution in [0.2, 0.25) is 0 Å². The van der Waals surface area contributed by atoms with Crippen LogP contribution in [-0.4, -0.2) is 41.9 Å². The number of rotatable bonds is 5. The molecule has 0 aliphatic carbocycles. The summed E-state index contributed by atoms with van der Waals surface area (Å²) in [6, 6.07) is 5.21. The van der Waals surface area contributed by atoms with Gasteiger partial charge in [-0.1, -0.05) is 0 Å². The summed E-state index contributed by atoms with van der Waals surface area (Å²) < 4.78 is 16.1. The molecule has 1 aromatic carbocycles. The third-order valence-corrected chi connectivity index (χ3v) is 4.05. The summed E-state index contributed by atoms with van der Waals surface area (Å²) in [5.74, 6) is 1.56. The standard InChI is InChI=1S/C17H18N4O4/c22-17(21-11-3-4-14-15(6-11)25-10-24-14)13-8-20-16(9-18-13)19-7-12-2-1-5-23-12/h3-4,6,8-9,12H,1-2,5,7,10H2,(H,19,20)(H,21,22). The fourth-order valence-corrected chi connectivity index (χ4v) is 2.73. The molecule has 2 aliphatic heterocycles. The highest BCUT2D eigenvalue weighted by molar-refractivity contribution is 6.02. The number of hydrogen-bond acceptors (Lipinski definition) is 7. The third-order valence-electron chi connectivity index (χ3n) is 4.05. The molecule has 1 fully saturated rings. The summed E-state index contributed by atoms with van der Waals surface area (Å²) in [5, 5.41) is 5.94. The van der Waals surface area contributed by atoms with Gasteiger partial charge in [-0.15, -0.1) is 0 Å². The number of ether oxygens (including phenoxy) is 3. The minimum Gasteiger partial charge on any atom is -0.454 e. The van der Waals surface area contributed by atoms with Crippen LogP contribution in [0.4, 0.5) is 11.5 Å². The molecule has 1 aromatic heterocycles. The molecule has 8 heteroatoms. The number of amides is 1. The third kappa shape index (κ3) is 3.63. The first-order valence-corrected chi connectivity index (χ1v) is 8.16. The molecule has 0 saturated carbocycles.